The normalized spacial score (nSPS) is 11.4. The van der Waals surface area contributed by atoms with Crippen molar-refractivity contribution in [3.05, 3.63) is 82.9 Å². The Bertz CT molecular complexity index is 1510. The molecule has 8 nitrogen and oxygen atoms in total. The Balaban J connectivity index is 1.81. The van der Waals surface area contributed by atoms with Gasteiger partial charge in [-0.1, -0.05) is 23.7 Å². The Labute approximate surface area is 239 Å². The average molecular weight is 591 g/mol. The molecule has 0 aliphatic heterocycles. The summed E-state index contributed by atoms with van der Waals surface area (Å²) < 4.78 is 61.9. The van der Waals surface area contributed by atoms with E-state index in [-0.39, 0.29) is 42.2 Å². The van der Waals surface area contributed by atoms with E-state index < -0.39 is 17.6 Å². The maximum atomic E-state index is 14.2. The number of rotatable bonds is 10. The van der Waals surface area contributed by atoms with Gasteiger partial charge in [-0.15, -0.1) is 5.10 Å². The van der Waals surface area contributed by atoms with Gasteiger partial charge in [-0.2, -0.15) is 18.2 Å². The van der Waals surface area contributed by atoms with E-state index in [0.29, 0.717) is 29.1 Å². The van der Waals surface area contributed by atoms with Crippen molar-refractivity contribution in [1.29, 1.82) is 0 Å². The molecule has 4 aromatic rings. The monoisotopic (exact) mass is 590 g/mol. The number of anilines is 2. The van der Waals surface area contributed by atoms with Gasteiger partial charge in [0.25, 0.3) is 0 Å². The largest absolute Gasteiger partial charge is 0.497 e. The lowest BCUT2D eigenvalue weighted by atomic mass is 10.1. The fourth-order valence-corrected chi connectivity index (χ4v) is 4.22. The minimum Gasteiger partial charge on any atom is -0.497 e. The molecule has 13 heteroatoms. The summed E-state index contributed by atoms with van der Waals surface area (Å²) in [6.45, 7) is 0.349. The van der Waals surface area contributed by atoms with Crippen molar-refractivity contribution < 1.29 is 27.1 Å². The Hall–Kier alpha value is -4.19. The summed E-state index contributed by atoms with van der Waals surface area (Å²) >= 11 is 6.12. The summed E-state index contributed by atoms with van der Waals surface area (Å²) in [5, 5.41) is 4.84. The third-order valence-corrected chi connectivity index (χ3v) is 6.42. The summed E-state index contributed by atoms with van der Waals surface area (Å²) in [6.07, 6.45) is -2.73. The minimum atomic E-state index is -4.91. The quantitative estimate of drug-likeness (QED) is 0.158. The molecule has 0 spiro atoms. The Morgan fingerprint density at radius 2 is 1.80 bits per heavy atom. The highest BCUT2D eigenvalue weighted by Crippen LogP contribution is 2.36. The van der Waals surface area contributed by atoms with Crippen LogP contribution in [0.5, 0.6) is 5.75 Å². The first-order valence-corrected chi connectivity index (χ1v) is 12.9. The number of halogens is 5. The van der Waals surface area contributed by atoms with Crippen molar-refractivity contribution in [2.24, 2.45) is 0 Å². The molecule has 0 aliphatic carbocycles. The zero-order chi connectivity index (χ0) is 29.7. The topological polar surface area (TPSA) is 76.4 Å². The van der Waals surface area contributed by atoms with E-state index in [1.807, 2.05) is 0 Å². The van der Waals surface area contributed by atoms with E-state index >= 15 is 0 Å². The number of benzene rings is 2. The van der Waals surface area contributed by atoms with Crippen molar-refractivity contribution in [2.75, 3.05) is 26.1 Å². The number of aromatic nitrogens is 4. The number of methoxy groups -OCH3 is 1. The number of amides is 1. The van der Waals surface area contributed by atoms with Crippen LogP contribution in [0.25, 0.3) is 11.4 Å². The summed E-state index contributed by atoms with van der Waals surface area (Å²) in [5.41, 5.74) is -0.0846. The smallest absolute Gasteiger partial charge is 0.419 e. The number of carbonyl (C=O) groups excluding carboxylic acids is 1. The predicted molar refractivity (Wildman–Crippen MR) is 146 cm³/mol. The lowest BCUT2D eigenvalue weighted by molar-refractivity contribution is -0.140. The van der Waals surface area contributed by atoms with Crippen molar-refractivity contribution >= 4 is 29.1 Å². The molecule has 0 N–H and O–H groups in total. The molecular formula is C28H27ClF4N6O2. The summed E-state index contributed by atoms with van der Waals surface area (Å²) in [4.78, 5) is 23.8. The zero-order valence-corrected chi connectivity index (χ0v) is 23.2. The zero-order valence-electron chi connectivity index (χ0n) is 22.5. The highest BCUT2D eigenvalue weighted by atomic mass is 35.5. The van der Waals surface area contributed by atoms with Gasteiger partial charge in [-0.05, 0) is 54.4 Å². The molecule has 0 atom stereocenters. The maximum Gasteiger partial charge on any atom is 0.419 e. The number of aryl methyl sites for hydroxylation is 1. The molecule has 2 aromatic carbocycles. The Morgan fingerprint density at radius 1 is 1.07 bits per heavy atom. The summed E-state index contributed by atoms with van der Waals surface area (Å²) in [6, 6.07) is 13.0. The lowest BCUT2D eigenvalue weighted by Crippen LogP contribution is -2.22. The fourth-order valence-electron chi connectivity index (χ4n) is 4.05. The Morgan fingerprint density at radius 3 is 2.44 bits per heavy atom. The number of nitrogens with zero attached hydrogens (tertiary/aromatic N) is 6. The average Bonchev–Trinajstić information content (AvgIpc) is 3.35. The standard InChI is InChI=1S/C28H27ClF4N6O2/c1-37(2)25(40)5-4-14-39-26(19-12-13-34-24(29)15-19)35-27(36-39)38(17-18-6-9-21(41-3)10-7-18)20-8-11-23(30)22(16-20)28(31,32)33/h6-13,15-16H,4-5,14,17H2,1-3H3. The molecule has 41 heavy (non-hydrogen) atoms. The first-order valence-electron chi connectivity index (χ1n) is 12.5. The second-order valence-electron chi connectivity index (χ2n) is 9.31. The minimum absolute atomic E-state index is 0.0359. The molecule has 2 aromatic heterocycles. The molecular weight excluding hydrogens is 564 g/mol. The molecule has 2 heterocycles. The van der Waals surface area contributed by atoms with Crippen molar-refractivity contribution in [1.82, 2.24) is 24.6 Å². The van der Waals surface area contributed by atoms with Crippen LogP contribution >= 0.6 is 11.6 Å². The third kappa shape index (κ3) is 7.31. The van der Waals surface area contributed by atoms with Gasteiger partial charge in [0.2, 0.25) is 11.9 Å². The number of carbonyl (C=O) groups is 1. The molecule has 216 valence electrons. The van der Waals surface area contributed by atoms with Gasteiger partial charge in [0.15, 0.2) is 5.82 Å². The van der Waals surface area contributed by atoms with Gasteiger partial charge in [-0.25, -0.2) is 14.1 Å². The number of ether oxygens (including phenoxy) is 1. The lowest BCUT2D eigenvalue weighted by Gasteiger charge is -2.23. The number of hydrogen-bond donors (Lipinski definition) is 0. The third-order valence-electron chi connectivity index (χ3n) is 6.21. The van der Waals surface area contributed by atoms with Gasteiger partial charge >= 0.3 is 6.18 Å². The molecule has 0 radical (unpaired) electrons. The summed E-state index contributed by atoms with van der Waals surface area (Å²) in [7, 11) is 4.85. The van der Waals surface area contributed by atoms with Crippen LogP contribution in [0.4, 0.5) is 29.2 Å². The maximum absolute atomic E-state index is 14.2. The highest BCUT2D eigenvalue weighted by Gasteiger charge is 2.35. The first kappa shape index (κ1) is 29.8. The van der Waals surface area contributed by atoms with Crippen LogP contribution in [0.15, 0.2) is 60.8 Å². The van der Waals surface area contributed by atoms with Crippen LogP contribution in [0.1, 0.15) is 24.0 Å². The molecule has 1 amide bonds. The van der Waals surface area contributed by atoms with Crippen molar-refractivity contribution in [3.63, 3.8) is 0 Å². The van der Waals surface area contributed by atoms with E-state index in [4.69, 9.17) is 16.3 Å². The number of pyridine rings is 1. The van der Waals surface area contributed by atoms with Crippen LogP contribution in [-0.4, -0.2) is 51.8 Å². The SMILES string of the molecule is COc1ccc(CN(c2ccc(F)c(C(F)(F)F)c2)c2nc(-c3ccnc(Cl)c3)n(CCCC(=O)N(C)C)n2)cc1. The van der Waals surface area contributed by atoms with Crippen LogP contribution < -0.4 is 9.64 Å². The van der Waals surface area contributed by atoms with Gasteiger partial charge in [0, 0.05) is 44.5 Å². The van der Waals surface area contributed by atoms with E-state index in [1.54, 1.807) is 55.2 Å². The first-order chi connectivity index (χ1) is 19.5. The predicted octanol–water partition coefficient (Wildman–Crippen LogP) is 6.37. The van der Waals surface area contributed by atoms with Gasteiger partial charge in [0.1, 0.15) is 16.7 Å². The van der Waals surface area contributed by atoms with Crippen molar-refractivity contribution in [2.45, 2.75) is 32.1 Å². The molecule has 0 saturated heterocycles. The Kier molecular flexibility index (Phi) is 9.11. The summed E-state index contributed by atoms with van der Waals surface area (Å²) in [5.74, 6) is -0.400. The second-order valence-corrected chi connectivity index (χ2v) is 9.70. The van der Waals surface area contributed by atoms with E-state index in [1.165, 1.54) is 29.2 Å². The van der Waals surface area contributed by atoms with Crippen LogP contribution in [0.2, 0.25) is 5.15 Å². The van der Waals surface area contributed by atoms with Crippen LogP contribution in [-0.2, 0) is 24.1 Å². The number of hydrogen-bond acceptors (Lipinski definition) is 6. The van der Waals surface area contributed by atoms with Gasteiger partial charge < -0.3 is 14.5 Å². The fraction of sp³-hybridized carbons (Fsp3) is 0.286. The van der Waals surface area contributed by atoms with Crippen molar-refractivity contribution in [3.8, 4) is 17.1 Å². The molecule has 0 bridgehead atoms. The van der Waals surface area contributed by atoms with Gasteiger partial charge in [0.05, 0.1) is 19.2 Å². The van der Waals surface area contributed by atoms with Crippen LogP contribution in [0.3, 0.4) is 0 Å². The van der Waals surface area contributed by atoms with E-state index in [9.17, 15) is 22.4 Å². The van der Waals surface area contributed by atoms with Gasteiger partial charge in [-0.3, -0.25) is 4.79 Å². The van der Waals surface area contributed by atoms with E-state index in [0.717, 1.165) is 12.1 Å². The molecule has 0 saturated carbocycles. The second kappa shape index (κ2) is 12.5. The highest BCUT2D eigenvalue weighted by molar-refractivity contribution is 6.29. The van der Waals surface area contributed by atoms with E-state index in [2.05, 4.69) is 15.1 Å². The molecule has 0 unspecified atom stereocenters. The molecule has 0 aliphatic rings. The molecule has 4 rings (SSSR count). The molecule has 0 fully saturated rings. The van der Waals surface area contributed by atoms with Crippen LogP contribution in [0, 0.1) is 5.82 Å². The number of alkyl halides is 3.